The van der Waals surface area contributed by atoms with Crippen molar-refractivity contribution < 1.29 is 13.2 Å². The summed E-state index contributed by atoms with van der Waals surface area (Å²) in [5.41, 5.74) is 8.72. The molecular formula is C38H17F3N6. The first-order valence-electron chi connectivity index (χ1n) is 14.2. The van der Waals surface area contributed by atoms with E-state index in [1.165, 1.54) is 6.07 Å². The summed E-state index contributed by atoms with van der Waals surface area (Å²) in [7, 11) is 0. The zero-order valence-corrected chi connectivity index (χ0v) is 24.4. The first-order valence-corrected chi connectivity index (χ1v) is 14.2. The van der Waals surface area contributed by atoms with Crippen molar-refractivity contribution >= 4 is 11.1 Å². The molecule has 6 nitrogen and oxygen atoms in total. The highest BCUT2D eigenvalue weighted by atomic mass is 19.4. The first-order chi connectivity index (χ1) is 22.7. The van der Waals surface area contributed by atoms with Crippen molar-refractivity contribution in [2.45, 2.75) is 13.1 Å². The van der Waals surface area contributed by atoms with Crippen LogP contribution in [0.5, 0.6) is 0 Å². The van der Waals surface area contributed by atoms with E-state index < -0.39 is 11.9 Å². The van der Waals surface area contributed by atoms with Gasteiger partial charge >= 0.3 is 6.18 Å². The summed E-state index contributed by atoms with van der Waals surface area (Å²) in [5.74, 6) is 0. The molecule has 0 amide bonds. The molecule has 0 unspecified atom stereocenters. The minimum atomic E-state index is -4.58. The van der Waals surface area contributed by atoms with Gasteiger partial charge in [-0.3, -0.25) is 9.97 Å². The zero-order valence-electron chi connectivity index (χ0n) is 24.4. The molecule has 7 rings (SSSR count). The normalized spacial score (nSPS) is 12.1. The lowest BCUT2D eigenvalue weighted by Crippen LogP contribution is -2.07. The van der Waals surface area contributed by atoms with Crippen LogP contribution < -0.4 is 0 Å². The Kier molecular flexibility index (Phi) is 6.57. The van der Waals surface area contributed by atoms with Gasteiger partial charge in [-0.25, -0.2) is 0 Å². The number of rotatable bonds is 2. The highest BCUT2D eigenvalue weighted by Gasteiger charge is 2.35. The Morgan fingerprint density at radius 1 is 0.511 bits per heavy atom. The van der Waals surface area contributed by atoms with Gasteiger partial charge in [-0.15, -0.1) is 0 Å². The molecule has 0 spiro atoms. The van der Waals surface area contributed by atoms with Crippen LogP contribution in [-0.4, -0.2) is 9.97 Å². The molecular weight excluding hydrogens is 597 g/mol. The van der Waals surface area contributed by atoms with Crippen molar-refractivity contribution in [2.75, 3.05) is 0 Å². The van der Waals surface area contributed by atoms with Gasteiger partial charge in [0.1, 0.15) is 41.1 Å². The number of pyridine rings is 2. The van der Waals surface area contributed by atoms with Gasteiger partial charge < -0.3 is 0 Å². The lowest BCUT2D eigenvalue weighted by Gasteiger charge is -2.09. The zero-order chi connectivity index (χ0) is 33.0. The van der Waals surface area contributed by atoms with E-state index in [4.69, 9.17) is 0 Å². The molecule has 220 valence electrons. The Bertz CT molecular complexity index is 2390. The number of hydrogen-bond donors (Lipinski definition) is 0. The maximum Gasteiger partial charge on any atom is 0.433 e. The maximum atomic E-state index is 13.1. The fourth-order valence-corrected chi connectivity index (χ4v) is 6.26. The summed E-state index contributed by atoms with van der Waals surface area (Å²) in [6, 6.07) is 29.0. The largest absolute Gasteiger partial charge is 0.433 e. The number of halogens is 3. The van der Waals surface area contributed by atoms with E-state index in [1.807, 2.05) is 73.7 Å². The number of aryl methyl sites for hydroxylation is 1. The Morgan fingerprint density at radius 3 is 1.32 bits per heavy atom. The van der Waals surface area contributed by atoms with Crippen LogP contribution in [0.3, 0.4) is 0 Å². The molecule has 2 aromatic heterocycles. The minimum Gasteiger partial charge on any atom is -0.261 e. The van der Waals surface area contributed by atoms with Crippen LogP contribution in [0, 0.1) is 52.2 Å². The fourth-order valence-electron chi connectivity index (χ4n) is 6.26. The molecule has 0 aliphatic heterocycles. The number of nitrogens with zero attached hydrogens (tertiary/aromatic N) is 6. The van der Waals surface area contributed by atoms with Gasteiger partial charge in [0.05, 0.1) is 0 Å². The molecule has 0 fully saturated rings. The average molecular weight is 615 g/mol. The van der Waals surface area contributed by atoms with Crippen molar-refractivity contribution in [3.63, 3.8) is 0 Å². The quantitative estimate of drug-likeness (QED) is 0.179. The van der Waals surface area contributed by atoms with Gasteiger partial charge in [-0.1, -0.05) is 36.4 Å². The van der Waals surface area contributed by atoms with Crippen molar-refractivity contribution in [3.05, 3.63) is 130 Å². The molecule has 2 aliphatic carbocycles. The number of aromatic nitrogens is 2. The SMILES string of the molecule is Cc1ccc(-c2ccc3c(c2)C(=C(C#N)C#N)c2cc4c(cc2-3)C(=C(C#N)C#N)c2cc(-c3ccc(C(F)(F)F)nc3)ccc2-4)cn1. The summed E-state index contributed by atoms with van der Waals surface area (Å²) in [6.45, 7) is 1.90. The molecule has 0 N–H and O–H groups in total. The minimum absolute atomic E-state index is 0.0574. The van der Waals surface area contributed by atoms with Crippen LogP contribution in [0.25, 0.3) is 55.7 Å². The number of benzene rings is 3. The molecule has 0 saturated heterocycles. The van der Waals surface area contributed by atoms with E-state index in [9.17, 15) is 34.2 Å². The Labute approximate surface area is 266 Å². The molecule has 0 saturated carbocycles. The summed E-state index contributed by atoms with van der Waals surface area (Å²) in [4.78, 5) is 7.97. The Morgan fingerprint density at radius 2 is 0.936 bits per heavy atom. The summed E-state index contributed by atoms with van der Waals surface area (Å²) in [6.07, 6.45) is -1.67. The van der Waals surface area contributed by atoms with Gasteiger partial charge in [0.2, 0.25) is 0 Å². The lowest BCUT2D eigenvalue weighted by atomic mass is 9.93. The van der Waals surface area contributed by atoms with Crippen LogP contribution in [0.1, 0.15) is 33.6 Å². The topological polar surface area (TPSA) is 121 Å². The monoisotopic (exact) mass is 614 g/mol. The van der Waals surface area contributed by atoms with Gasteiger partial charge in [0, 0.05) is 40.4 Å². The Balaban J connectivity index is 1.44. The molecule has 5 aromatic rings. The van der Waals surface area contributed by atoms with Gasteiger partial charge in [0.25, 0.3) is 0 Å². The van der Waals surface area contributed by atoms with Crippen molar-refractivity contribution in [1.29, 1.82) is 21.0 Å². The predicted octanol–water partition coefficient (Wildman–Crippen LogP) is 8.80. The summed E-state index contributed by atoms with van der Waals surface area (Å²) >= 11 is 0. The third kappa shape index (κ3) is 4.55. The third-order valence-electron chi connectivity index (χ3n) is 8.43. The van der Waals surface area contributed by atoms with E-state index in [2.05, 4.69) is 9.97 Å². The van der Waals surface area contributed by atoms with Crippen molar-refractivity contribution in [1.82, 2.24) is 9.97 Å². The fraction of sp³-hybridized carbons (Fsp3) is 0.0526. The van der Waals surface area contributed by atoms with Crippen molar-refractivity contribution in [3.8, 4) is 68.8 Å². The molecule has 0 bridgehead atoms. The third-order valence-corrected chi connectivity index (χ3v) is 8.43. The molecule has 2 aliphatic rings. The van der Waals surface area contributed by atoms with E-state index in [0.29, 0.717) is 55.7 Å². The van der Waals surface area contributed by atoms with E-state index >= 15 is 0 Å². The summed E-state index contributed by atoms with van der Waals surface area (Å²) < 4.78 is 39.4. The number of nitriles is 4. The number of fused-ring (bicyclic) bond motifs is 6. The van der Waals surface area contributed by atoms with E-state index in [-0.39, 0.29) is 11.1 Å². The van der Waals surface area contributed by atoms with Crippen LogP contribution in [0.4, 0.5) is 13.2 Å². The second kappa shape index (κ2) is 10.7. The van der Waals surface area contributed by atoms with Crippen LogP contribution in [0.15, 0.2) is 96.3 Å². The molecule has 47 heavy (non-hydrogen) atoms. The number of allylic oxidation sites excluding steroid dienone is 2. The highest BCUT2D eigenvalue weighted by molar-refractivity contribution is 6.11. The van der Waals surface area contributed by atoms with E-state index in [0.717, 1.165) is 40.2 Å². The van der Waals surface area contributed by atoms with Gasteiger partial charge in [0.15, 0.2) is 0 Å². The van der Waals surface area contributed by atoms with Gasteiger partial charge in [-0.2, -0.15) is 34.2 Å². The number of hydrogen-bond acceptors (Lipinski definition) is 6. The van der Waals surface area contributed by atoms with E-state index in [1.54, 1.807) is 24.4 Å². The first kappa shape index (κ1) is 28.9. The average Bonchev–Trinajstić information content (AvgIpc) is 3.56. The molecule has 0 radical (unpaired) electrons. The van der Waals surface area contributed by atoms with Crippen LogP contribution in [-0.2, 0) is 6.18 Å². The van der Waals surface area contributed by atoms with Gasteiger partial charge in [-0.05, 0) is 99.0 Å². The lowest BCUT2D eigenvalue weighted by molar-refractivity contribution is -0.141. The standard InChI is InChI=1S/C38H17F3N6/c1-20-2-3-23(18-46-20)21-4-7-27-29-12-34-30(13-33(29)36(31(27)10-21)25(14-42)15-43)28-8-5-22(11-32(28)37(34)26(16-44)17-45)24-6-9-35(47-19-24)38(39,40)41/h2-13,18-19H,1H3. The predicted molar refractivity (Wildman–Crippen MR) is 168 cm³/mol. The van der Waals surface area contributed by atoms with Crippen molar-refractivity contribution in [2.24, 2.45) is 0 Å². The second-order valence-electron chi connectivity index (χ2n) is 11.0. The smallest absolute Gasteiger partial charge is 0.261 e. The molecule has 2 heterocycles. The second-order valence-corrected chi connectivity index (χ2v) is 11.0. The maximum absolute atomic E-state index is 13.1. The van der Waals surface area contributed by atoms with Crippen LogP contribution >= 0.6 is 0 Å². The molecule has 3 aromatic carbocycles. The Hall–Kier alpha value is -6.81. The van der Waals surface area contributed by atoms with Crippen LogP contribution in [0.2, 0.25) is 0 Å². The summed E-state index contributed by atoms with van der Waals surface area (Å²) in [5, 5.41) is 40.0. The number of alkyl halides is 3. The molecule has 0 atom stereocenters. The molecule has 9 heteroatoms. The highest BCUT2D eigenvalue weighted by Crippen LogP contribution is 2.54.